The Morgan fingerprint density at radius 2 is 2.14 bits per heavy atom. The van der Waals surface area contributed by atoms with Crippen molar-refractivity contribution in [3.05, 3.63) is 30.1 Å². The first-order chi connectivity index (χ1) is 6.70. The van der Waals surface area contributed by atoms with Gasteiger partial charge in [0.1, 0.15) is 0 Å². The van der Waals surface area contributed by atoms with Crippen LogP contribution in [-0.4, -0.2) is 30.5 Å². The highest BCUT2D eigenvalue weighted by molar-refractivity contribution is 5.10. The number of hydrogen-bond acceptors (Lipinski definition) is 2. The first-order valence-electron chi connectivity index (χ1n) is 5.25. The van der Waals surface area contributed by atoms with Crippen molar-refractivity contribution >= 4 is 0 Å². The van der Waals surface area contributed by atoms with Gasteiger partial charge in [0, 0.05) is 18.4 Å². The van der Waals surface area contributed by atoms with Gasteiger partial charge in [-0.15, -0.1) is 0 Å². The summed E-state index contributed by atoms with van der Waals surface area (Å²) in [4.78, 5) is 6.68. The molecule has 0 bridgehead atoms. The molecule has 0 spiro atoms. The van der Waals surface area contributed by atoms with Crippen LogP contribution in [0.4, 0.5) is 0 Å². The Morgan fingerprint density at radius 3 is 2.64 bits per heavy atom. The second-order valence-electron chi connectivity index (χ2n) is 4.74. The Morgan fingerprint density at radius 1 is 1.36 bits per heavy atom. The fraction of sp³-hybridized carbons (Fsp3) is 0.583. The lowest BCUT2D eigenvalue weighted by Gasteiger charge is -2.19. The van der Waals surface area contributed by atoms with Gasteiger partial charge in [0.2, 0.25) is 0 Å². The topological polar surface area (TPSA) is 16.1 Å². The van der Waals surface area contributed by atoms with Gasteiger partial charge in [0.15, 0.2) is 0 Å². The highest BCUT2D eigenvalue weighted by Gasteiger charge is 2.42. The molecule has 0 amide bonds. The minimum absolute atomic E-state index is 0.540. The van der Waals surface area contributed by atoms with E-state index in [2.05, 4.69) is 36.1 Å². The summed E-state index contributed by atoms with van der Waals surface area (Å²) in [6, 6.07) is 6.19. The van der Waals surface area contributed by atoms with Crippen molar-refractivity contribution in [1.29, 1.82) is 0 Å². The van der Waals surface area contributed by atoms with Crippen molar-refractivity contribution in [3.63, 3.8) is 0 Å². The fourth-order valence-electron chi connectivity index (χ4n) is 2.13. The first-order valence-corrected chi connectivity index (χ1v) is 5.25. The molecule has 1 fully saturated rings. The first kappa shape index (κ1) is 9.66. The number of aromatic nitrogens is 1. The van der Waals surface area contributed by atoms with Crippen LogP contribution in [0.1, 0.15) is 18.5 Å². The van der Waals surface area contributed by atoms with Gasteiger partial charge in [0.05, 0.1) is 0 Å². The van der Waals surface area contributed by atoms with Crippen LogP contribution in [0, 0.1) is 5.41 Å². The van der Waals surface area contributed by atoms with Gasteiger partial charge in [-0.3, -0.25) is 4.98 Å². The van der Waals surface area contributed by atoms with Gasteiger partial charge in [-0.1, -0.05) is 6.07 Å². The van der Waals surface area contributed by atoms with E-state index in [0.29, 0.717) is 5.41 Å². The predicted molar refractivity (Wildman–Crippen MR) is 58.2 cm³/mol. The van der Waals surface area contributed by atoms with E-state index in [9.17, 15) is 0 Å². The summed E-state index contributed by atoms with van der Waals surface area (Å²) >= 11 is 0. The lowest BCUT2D eigenvalue weighted by molar-refractivity contribution is 0.305. The molecule has 0 radical (unpaired) electrons. The van der Waals surface area contributed by atoms with Crippen LogP contribution >= 0.6 is 0 Å². The Bertz CT molecular complexity index is 288. The van der Waals surface area contributed by atoms with E-state index in [1.54, 1.807) is 0 Å². The number of hydrogen-bond donors (Lipinski definition) is 0. The molecule has 14 heavy (non-hydrogen) atoms. The molecule has 1 heterocycles. The maximum atomic E-state index is 4.39. The normalized spacial score (nSPS) is 18.5. The van der Waals surface area contributed by atoms with Gasteiger partial charge in [-0.05, 0) is 50.9 Å². The maximum absolute atomic E-state index is 4.39. The van der Waals surface area contributed by atoms with E-state index in [0.717, 1.165) is 6.42 Å². The maximum Gasteiger partial charge on any atom is 0.0409 e. The zero-order valence-electron chi connectivity index (χ0n) is 9.03. The van der Waals surface area contributed by atoms with Crippen molar-refractivity contribution in [2.45, 2.75) is 19.3 Å². The molecule has 2 nitrogen and oxygen atoms in total. The van der Waals surface area contributed by atoms with E-state index in [-0.39, 0.29) is 0 Å². The molecule has 1 aromatic heterocycles. The fourth-order valence-corrected chi connectivity index (χ4v) is 2.13. The van der Waals surface area contributed by atoms with Gasteiger partial charge in [0.25, 0.3) is 0 Å². The van der Waals surface area contributed by atoms with E-state index >= 15 is 0 Å². The Kier molecular flexibility index (Phi) is 2.55. The van der Waals surface area contributed by atoms with Crippen molar-refractivity contribution in [3.8, 4) is 0 Å². The van der Waals surface area contributed by atoms with E-state index in [1.165, 1.54) is 25.1 Å². The zero-order chi connectivity index (χ0) is 10.0. The molecule has 1 aliphatic rings. The molecule has 2 rings (SSSR count). The molecular weight excluding hydrogens is 172 g/mol. The minimum Gasteiger partial charge on any atom is -0.309 e. The molecule has 1 aromatic rings. The van der Waals surface area contributed by atoms with Crippen molar-refractivity contribution in [2.24, 2.45) is 5.41 Å². The third kappa shape index (κ3) is 2.32. The minimum atomic E-state index is 0.540. The third-order valence-corrected chi connectivity index (χ3v) is 2.89. The summed E-state index contributed by atoms with van der Waals surface area (Å²) < 4.78 is 0. The predicted octanol–water partition coefficient (Wildman–Crippen LogP) is 1.97. The summed E-state index contributed by atoms with van der Waals surface area (Å²) in [5, 5.41) is 0. The van der Waals surface area contributed by atoms with Gasteiger partial charge in [-0.25, -0.2) is 0 Å². The van der Waals surface area contributed by atoms with E-state index in [1.807, 2.05) is 12.3 Å². The van der Waals surface area contributed by atoms with E-state index in [4.69, 9.17) is 0 Å². The van der Waals surface area contributed by atoms with Gasteiger partial charge >= 0.3 is 0 Å². The third-order valence-electron chi connectivity index (χ3n) is 2.89. The molecule has 0 atom stereocenters. The molecule has 0 aromatic carbocycles. The lowest BCUT2D eigenvalue weighted by Crippen LogP contribution is -2.24. The van der Waals surface area contributed by atoms with Crippen LogP contribution in [0.25, 0.3) is 0 Å². The average molecular weight is 190 g/mol. The second kappa shape index (κ2) is 3.70. The van der Waals surface area contributed by atoms with Gasteiger partial charge < -0.3 is 4.90 Å². The van der Waals surface area contributed by atoms with Crippen LogP contribution in [0.2, 0.25) is 0 Å². The molecule has 0 aliphatic heterocycles. The molecule has 0 unspecified atom stereocenters. The molecular formula is C12H18N2. The highest BCUT2D eigenvalue weighted by atomic mass is 15.1. The quantitative estimate of drug-likeness (QED) is 0.721. The van der Waals surface area contributed by atoms with Crippen LogP contribution in [0.5, 0.6) is 0 Å². The number of nitrogens with zero attached hydrogens (tertiary/aromatic N) is 2. The zero-order valence-corrected chi connectivity index (χ0v) is 9.03. The average Bonchev–Trinajstić information content (AvgIpc) is 2.85. The Hall–Kier alpha value is -0.890. The van der Waals surface area contributed by atoms with Gasteiger partial charge in [-0.2, -0.15) is 0 Å². The summed E-state index contributed by atoms with van der Waals surface area (Å²) in [5.41, 5.74) is 1.78. The SMILES string of the molecule is CN(C)CC1(Cc2ccccn2)CC1. The Balaban J connectivity index is 1.98. The smallest absolute Gasteiger partial charge is 0.0409 e. The van der Waals surface area contributed by atoms with Crippen LogP contribution in [0.3, 0.4) is 0 Å². The monoisotopic (exact) mass is 190 g/mol. The second-order valence-corrected chi connectivity index (χ2v) is 4.74. The lowest BCUT2D eigenvalue weighted by atomic mass is 9.99. The largest absolute Gasteiger partial charge is 0.309 e. The van der Waals surface area contributed by atoms with Crippen LogP contribution < -0.4 is 0 Å². The molecule has 2 heteroatoms. The van der Waals surface area contributed by atoms with Crippen molar-refractivity contribution in [1.82, 2.24) is 9.88 Å². The molecule has 1 saturated carbocycles. The molecule has 0 N–H and O–H groups in total. The number of pyridine rings is 1. The van der Waals surface area contributed by atoms with Crippen LogP contribution in [-0.2, 0) is 6.42 Å². The van der Waals surface area contributed by atoms with Crippen LogP contribution in [0.15, 0.2) is 24.4 Å². The van der Waals surface area contributed by atoms with Crippen molar-refractivity contribution in [2.75, 3.05) is 20.6 Å². The standard InChI is InChI=1S/C12H18N2/c1-14(2)10-12(6-7-12)9-11-5-3-4-8-13-11/h3-5,8H,6-7,9-10H2,1-2H3. The van der Waals surface area contributed by atoms with Crippen molar-refractivity contribution < 1.29 is 0 Å². The number of rotatable bonds is 4. The summed E-state index contributed by atoms with van der Waals surface area (Å²) in [7, 11) is 4.30. The molecule has 0 saturated heterocycles. The van der Waals surface area contributed by atoms with E-state index < -0.39 is 0 Å². The molecule has 76 valence electrons. The highest BCUT2D eigenvalue weighted by Crippen LogP contribution is 2.48. The summed E-state index contributed by atoms with van der Waals surface area (Å²) in [5.74, 6) is 0. The Labute approximate surface area is 86.0 Å². The molecule has 1 aliphatic carbocycles. The summed E-state index contributed by atoms with van der Waals surface area (Å²) in [6.07, 6.45) is 5.76. The summed E-state index contributed by atoms with van der Waals surface area (Å²) in [6.45, 7) is 1.20.